The molecule has 6 heterocycles. The van der Waals surface area contributed by atoms with E-state index in [4.69, 9.17) is 23.4 Å². The molecule has 10 rings (SSSR count). The third-order valence-corrected chi connectivity index (χ3v) is 23.6. The summed E-state index contributed by atoms with van der Waals surface area (Å²) in [6.07, 6.45) is 5.18. The minimum Gasteiger partial charge on any atom is -0.496 e. The second-order valence-corrected chi connectivity index (χ2v) is 27.0. The van der Waals surface area contributed by atoms with Gasteiger partial charge >= 0.3 is 17.9 Å². The quantitative estimate of drug-likeness (QED) is 0.0539. The predicted molar refractivity (Wildman–Crippen MR) is 285 cm³/mol. The molecule has 0 radical (unpaired) electrons. The highest BCUT2D eigenvalue weighted by molar-refractivity contribution is 6.73. The van der Waals surface area contributed by atoms with Crippen molar-refractivity contribution in [2.75, 3.05) is 71.3 Å². The number of nitrogens with one attached hydrogen (secondary N) is 2. The number of ether oxygens (including phenoxy) is 4. The Balaban J connectivity index is 1.28. The van der Waals surface area contributed by atoms with E-state index in [0.717, 1.165) is 46.0 Å². The first kappa shape index (κ1) is 52.2. The molecular formula is C58H75F2N5O8Si. The Morgan fingerprint density at radius 1 is 0.892 bits per heavy atom. The predicted octanol–water partition coefficient (Wildman–Crippen LogP) is 9.89. The number of rotatable bonds is 14. The van der Waals surface area contributed by atoms with Crippen LogP contribution in [0, 0.1) is 17.3 Å². The maximum Gasteiger partial charge on any atom is 0.343 e. The molecule has 2 bridgehead atoms. The number of fused-ring (bicyclic) bond motifs is 6. The van der Waals surface area contributed by atoms with E-state index in [-0.39, 0.29) is 31.3 Å². The number of methoxy groups -OCH3 is 3. The topological polar surface area (TPSA) is 135 Å². The number of hydrogen-bond donors (Lipinski definition) is 2. The minimum atomic E-state index is -2.95. The standard InChI is InChI=1S/C58H75F2N5O8Si/c1-11-55-24-18-26-65-28-25-56(49(55)65)43-31-44(47(69-8)32-46(43)63(7)50(56)58(53(68)71-10,51(55)72-36(5)66)73-74(12-2,13-3)14-4)57(52(67)70-9)33-37-29-38(54(6,59)60)35-64(34-37)27-23-41-42-30-40(21-22-45(42)62-48(41)57)61-39-19-16-15-17-20-39/h15-22,24,30-32,37-38,49-51,61-62H,11-14,23,25-29,33-35H2,1-10H3/t37?,38?,49?,50?,51-,55-,56?,57-,58+/m0/s1. The van der Waals surface area contributed by atoms with Crippen molar-refractivity contribution in [1.29, 1.82) is 0 Å². The Morgan fingerprint density at radius 2 is 1.62 bits per heavy atom. The van der Waals surface area contributed by atoms with Crippen LogP contribution in [0.2, 0.25) is 18.1 Å². The molecule has 3 fully saturated rings. The van der Waals surface area contributed by atoms with Crippen molar-refractivity contribution >= 4 is 54.2 Å². The van der Waals surface area contributed by atoms with Crippen molar-refractivity contribution < 1.29 is 46.5 Å². The summed E-state index contributed by atoms with van der Waals surface area (Å²) in [5.41, 5.74) is 1.16. The second-order valence-electron chi connectivity index (χ2n) is 22.4. The number of anilines is 3. The Hall–Kier alpha value is -5.29. The van der Waals surface area contributed by atoms with Crippen LogP contribution in [0.3, 0.4) is 0 Å². The average molecular weight is 1040 g/mol. The lowest BCUT2D eigenvalue weighted by Gasteiger charge is -2.65. The SMILES string of the molecule is CC[C@@]12C=CCN3CCC4(c5cc([C@@]6(C(=O)OC)CC7CC(C(C)(F)F)CN(CCc8c6[nH]c6ccc(Nc9ccccc9)cc86)C7)c(OC)cc5N(C)C4[C@](O[Si](CC)(CC)CC)(C(=O)OC)[C@H]1OC(C)=O)C32. The lowest BCUT2D eigenvalue weighted by atomic mass is 9.47. The molecule has 74 heavy (non-hydrogen) atoms. The Kier molecular flexibility index (Phi) is 13.4. The first-order valence-corrected chi connectivity index (χ1v) is 29.4. The summed E-state index contributed by atoms with van der Waals surface area (Å²) in [4.78, 5) is 55.9. The van der Waals surface area contributed by atoms with Crippen LogP contribution >= 0.6 is 0 Å². The first-order valence-electron chi connectivity index (χ1n) is 26.9. The molecule has 6 unspecified atom stereocenters. The van der Waals surface area contributed by atoms with Gasteiger partial charge < -0.3 is 43.5 Å². The molecule has 1 aromatic heterocycles. The zero-order chi connectivity index (χ0) is 52.8. The number of carbonyl (C=O) groups excluding carboxylic acids is 3. The number of carbonyl (C=O) groups is 3. The second kappa shape index (κ2) is 19.1. The number of halogens is 2. The van der Waals surface area contributed by atoms with Crippen LogP contribution in [-0.4, -0.2) is 132 Å². The number of aromatic nitrogens is 1. The van der Waals surface area contributed by atoms with Crippen LogP contribution in [0.5, 0.6) is 5.75 Å². The van der Waals surface area contributed by atoms with Gasteiger partial charge in [-0.05, 0) is 117 Å². The average Bonchev–Trinajstić information content (AvgIpc) is 4.07. The fraction of sp³-hybridized carbons (Fsp3) is 0.569. The number of aromatic amines is 1. The van der Waals surface area contributed by atoms with Gasteiger partial charge in [0.25, 0.3) is 0 Å². The lowest BCUT2D eigenvalue weighted by molar-refractivity contribution is -0.224. The molecule has 3 aromatic carbocycles. The van der Waals surface area contributed by atoms with Crippen LogP contribution in [0.4, 0.5) is 25.8 Å². The van der Waals surface area contributed by atoms with E-state index in [9.17, 15) is 4.79 Å². The third-order valence-electron chi connectivity index (χ3n) is 19.0. The van der Waals surface area contributed by atoms with E-state index in [0.29, 0.717) is 80.6 Å². The van der Waals surface area contributed by atoms with Crippen LogP contribution in [0.25, 0.3) is 10.9 Å². The van der Waals surface area contributed by atoms with Crippen molar-refractivity contribution in [1.82, 2.24) is 14.8 Å². The zero-order valence-corrected chi connectivity index (χ0v) is 45.9. The van der Waals surface area contributed by atoms with E-state index in [1.54, 1.807) is 7.11 Å². The third kappa shape index (κ3) is 7.60. The van der Waals surface area contributed by atoms with Crippen molar-refractivity contribution in [3.63, 3.8) is 0 Å². The smallest absolute Gasteiger partial charge is 0.343 e. The molecule has 16 heteroatoms. The fourth-order valence-corrected chi connectivity index (χ4v) is 18.6. The van der Waals surface area contributed by atoms with Gasteiger partial charge in [-0.15, -0.1) is 0 Å². The molecule has 13 nitrogen and oxygen atoms in total. The van der Waals surface area contributed by atoms with E-state index in [1.165, 1.54) is 21.1 Å². The number of H-pyrrole nitrogens is 1. The molecule has 398 valence electrons. The molecule has 6 aliphatic rings. The maximum absolute atomic E-state index is 15.9. The number of nitrogens with zero attached hydrogens (tertiary/aromatic N) is 3. The molecule has 5 aliphatic heterocycles. The molecule has 4 aromatic rings. The molecule has 1 spiro atoms. The van der Waals surface area contributed by atoms with E-state index >= 15 is 18.4 Å². The van der Waals surface area contributed by atoms with Gasteiger partial charge in [-0.2, -0.15) is 0 Å². The molecule has 1 aliphatic carbocycles. The number of alkyl halides is 2. The Morgan fingerprint density at radius 3 is 2.27 bits per heavy atom. The maximum atomic E-state index is 15.9. The van der Waals surface area contributed by atoms with Gasteiger partial charge in [0.1, 0.15) is 11.2 Å². The summed E-state index contributed by atoms with van der Waals surface area (Å²) in [7, 11) is 3.59. The van der Waals surface area contributed by atoms with Gasteiger partial charge in [0, 0.05) is 108 Å². The number of piperidine rings is 1. The Labute approximate surface area is 435 Å². The van der Waals surface area contributed by atoms with Crippen molar-refractivity contribution in [3.8, 4) is 5.75 Å². The normalized spacial score (nSPS) is 31.3. The Bertz CT molecular complexity index is 2850. The largest absolute Gasteiger partial charge is 0.496 e. The molecule has 0 amide bonds. The molecule has 2 saturated heterocycles. The van der Waals surface area contributed by atoms with Crippen LogP contribution in [-0.2, 0) is 50.3 Å². The number of para-hydroxylation sites is 1. The van der Waals surface area contributed by atoms with Crippen LogP contribution in [0.15, 0.2) is 72.8 Å². The first-order chi connectivity index (χ1) is 35.4. The highest BCUT2D eigenvalue weighted by Crippen LogP contribution is 2.69. The molecular weight excluding hydrogens is 961 g/mol. The number of esters is 3. The van der Waals surface area contributed by atoms with Gasteiger partial charge in [0.15, 0.2) is 14.4 Å². The van der Waals surface area contributed by atoms with Crippen LogP contribution in [0.1, 0.15) is 89.6 Å². The number of hydrogen-bond acceptors (Lipinski definition) is 12. The van der Waals surface area contributed by atoms with E-state index < -0.39 is 72.1 Å². The summed E-state index contributed by atoms with van der Waals surface area (Å²) in [5.74, 6) is -5.47. The van der Waals surface area contributed by atoms with Gasteiger partial charge in [-0.1, -0.05) is 58.0 Å². The highest BCUT2D eigenvalue weighted by Gasteiger charge is 2.82. The van der Waals surface area contributed by atoms with E-state index in [1.807, 2.05) is 55.6 Å². The minimum absolute atomic E-state index is 0.150. The molecule has 2 N–H and O–H groups in total. The lowest BCUT2D eigenvalue weighted by Crippen LogP contribution is -2.83. The summed E-state index contributed by atoms with van der Waals surface area (Å²) < 4.78 is 64.7. The van der Waals surface area contributed by atoms with Crippen LogP contribution < -0.4 is 15.0 Å². The van der Waals surface area contributed by atoms with E-state index in [2.05, 4.69) is 77.0 Å². The van der Waals surface area contributed by atoms with Crippen molar-refractivity contribution in [3.05, 3.63) is 95.2 Å². The molecule has 10 atom stereocenters. The van der Waals surface area contributed by atoms with Gasteiger partial charge in [0.2, 0.25) is 11.5 Å². The summed E-state index contributed by atoms with van der Waals surface area (Å²) >= 11 is 0. The fourth-order valence-electron chi connectivity index (χ4n) is 15.7. The highest BCUT2D eigenvalue weighted by atomic mass is 28.4. The monoisotopic (exact) mass is 1040 g/mol. The van der Waals surface area contributed by atoms with Gasteiger partial charge in [-0.25, -0.2) is 13.6 Å². The van der Waals surface area contributed by atoms with Crippen molar-refractivity contribution in [2.24, 2.45) is 17.3 Å². The van der Waals surface area contributed by atoms with Crippen molar-refractivity contribution in [2.45, 2.75) is 132 Å². The summed E-state index contributed by atoms with van der Waals surface area (Å²) in [6, 6.07) is 21.3. The number of benzene rings is 3. The number of likely N-dealkylation sites (N-methyl/N-ethyl adjacent to an activating group) is 1. The zero-order valence-electron chi connectivity index (χ0n) is 44.9. The summed E-state index contributed by atoms with van der Waals surface area (Å²) in [5, 5.41) is 4.47. The van der Waals surface area contributed by atoms with Gasteiger partial charge in [0.05, 0.1) is 27.4 Å². The summed E-state index contributed by atoms with van der Waals surface area (Å²) in [6.45, 7) is 13.5. The molecule has 1 saturated carbocycles. The van der Waals surface area contributed by atoms with Gasteiger partial charge in [-0.3, -0.25) is 14.5 Å².